The van der Waals surface area contributed by atoms with E-state index in [1.807, 2.05) is 96.9 Å². The molecule has 6 heteroatoms. The van der Waals surface area contributed by atoms with E-state index >= 15 is 0 Å². The number of nitrogens with one attached hydrogen (secondary N) is 1. The molecule has 3 aromatic carbocycles. The van der Waals surface area contributed by atoms with Crippen LogP contribution in [0.2, 0.25) is 5.02 Å². The van der Waals surface area contributed by atoms with Gasteiger partial charge in [-0.3, -0.25) is 9.69 Å². The first-order valence-corrected chi connectivity index (χ1v) is 10.1. The Morgan fingerprint density at radius 1 is 0.900 bits per heavy atom. The van der Waals surface area contributed by atoms with Crippen LogP contribution >= 0.6 is 11.6 Å². The van der Waals surface area contributed by atoms with Gasteiger partial charge in [0.2, 0.25) is 0 Å². The predicted molar refractivity (Wildman–Crippen MR) is 117 cm³/mol. The lowest BCUT2D eigenvalue weighted by Gasteiger charge is -2.28. The Kier molecular flexibility index (Phi) is 5.57. The highest BCUT2D eigenvalue weighted by molar-refractivity contribution is 6.30. The van der Waals surface area contributed by atoms with Crippen LogP contribution in [0.5, 0.6) is 0 Å². The van der Waals surface area contributed by atoms with Gasteiger partial charge in [-0.05, 0) is 35.9 Å². The third kappa shape index (κ3) is 3.70. The number of nitrogens with zero attached hydrogens (tertiary/aromatic N) is 2. The second kappa shape index (κ2) is 8.30. The first kappa shape index (κ1) is 20.1. The van der Waals surface area contributed by atoms with Gasteiger partial charge in [-0.15, -0.1) is 0 Å². The molecular weight excluding hydrogens is 398 g/mol. The van der Waals surface area contributed by atoms with E-state index in [1.54, 1.807) is 0 Å². The quantitative estimate of drug-likeness (QED) is 0.608. The molecule has 152 valence electrons. The zero-order valence-electron chi connectivity index (χ0n) is 16.6. The molecule has 0 saturated carbocycles. The minimum atomic E-state index is -1.24. The largest absolute Gasteiger partial charge is 0.326 e. The fraction of sp³-hybridized carbons (Fsp3) is 0.167. The number of carbonyl (C=O) groups excluding carboxylic acids is 2. The fourth-order valence-corrected chi connectivity index (χ4v) is 4.09. The molecule has 30 heavy (non-hydrogen) atoms. The molecule has 3 amide bonds. The van der Waals surface area contributed by atoms with Crippen molar-refractivity contribution < 1.29 is 9.59 Å². The monoisotopic (exact) mass is 419 g/mol. The van der Waals surface area contributed by atoms with Crippen LogP contribution in [0.3, 0.4) is 0 Å². The van der Waals surface area contributed by atoms with Gasteiger partial charge in [0.25, 0.3) is 5.91 Å². The summed E-state index contributed by atoms with van der Waals surface area (Å²) in [5.74, 6) is -0.289. The standard InChI is InChI=1S/C24H22ClN3O2/c1-27(16-18-9-8-14-21(25)15-18)17-28-22(29)24(26-23(28)30,19-10-4-2-5-11-19)20-12-6-3-7-13-20/h2-15H,16-17H2,1H3,(H,26,30). The number of hydrogen-bond acceptors (Lipinski definition) is 3. The van der Waals surface area contributed by atoms with Crippen molar-refractivity contribution in [3.05, 3.63) is 107 Å². The molecule has 0 radical (unpaired) electrons. The Bertz CT molecular complexity index is 1020. The molecule has 0 aromatic heterocycles. The van der Waals surface area contributed by atoms with Crippen LogP contribution in [-0.2, 0) is 16.9 Å². The predicted octanol–water partition coefficient (Wildman–Crippen LogP) is 4.22. The maximum absolute atomic E-state index is 13.7. The lowest BCUT2D eigenvalue weighted by Crippen LogP contribution is -2.46. The number of amides is 3. The Morgan fingerprint density at radius 3 is 2.07 bits per heavy atom. The van der Waals surface area contributed by atoms with Crippen molar-refractivity contribution in [3.63, 3.8) is 0 Å². The normalized spacial score (nSPS) is 15.5. The summed E-state index contributed by atoms with van der Waals surface area (Å²) in [5.41, 5.74) is 1.23. The van der Waals surface area contributed by atoms with Crippen molar-refractivity contribution in [2.45, 2.75) is 12.1 Å². The zero-order chi connectivity index (χ0) is 21.1. The van der Waals surface area contributed by atoms with Gasteiger partial charge in [0, 0.05) is 11.6 Å². The number of imide groups is 1. The Morgan fingerprint density at radius 2 is 1.50 bits per heavy atom. The topological polar surface area (TPSA) is 52.6 Å². The summed E-state index contributed by atoms with van der Waals surface area (Å²) in [4.78, 5) is 29.8. The van der Waals surface area contributed by atoms with Gasteiger partial charge in [0.05, 0.1) is 6.67 Å². The van der Waals surface area contributed by atoms with E-state index in [0.29, 0.717) is 11.6 Å². The summed E-state index contributed by atoms with van der Waals surface area (Å²) in [7, 11) is 1.87. The molecule has 1 N–H and O–H groups in total. The third-order valence-electron chi connectivity index (χ3n) is 5.24. The average molecular weight is 420 g/mol. The highest BCUT2D eigenvalue weighted by atomic mass is 35.5. The Hall–Kier alpha value is -3.15. The van der Waals surface area contributed by atoms with Crippen LogP contribution in [0.15, 0.2) is 84.9 Å². The van der Waals surface area contributed by atoms with E-state index in [9.17, 15) is 9.59 Å². The number of hydrogen-bond donors (Lipinski definition) is 1. The minimum absolute atomic E-state index is 0.165. The maximum Gasteiger partial charge on any atom is 0.326 e. The van der Waals surface area contributed by atoms with Gasteiger partial charge in [0.15, 0.2) is 5.54 Å². The van der Waals surface area contributed by atoms with Gasteiger partial charge < -0.3 is 5.32 Å². The first-order valence-electron chi connectivity index (χ1n) is 9.69. The maximum atomic E-state index is 13.7. The summed E-state index contributed by atoms with van der Waals surface area (Å²) < 4.78 is 0. The summed E-state index contributed by atoms with van der Waals surface area (Å²) in [6.07, 6.45) is 0. The van der Waals surface area contributed by atoms with Gasteiger partial charge in [-0.25, -0.2) is 9.69 Å². The van der Waals surface area contributed by atoms with Crippen LogP contribution < -0.4 is 5.32 Å². The van der Waals surface area contributed by atoms with Crippen molar-refractivity contribution in [2.24, 2.45) is 0 Å². The molecular formula is C24H22ClN3O2. The van der Waals surface area contributed by atoms with Crippen molar-refractivity contribution >= 4 is 23.5 Å². The van der Waals surface area contributed by atoms with Crippen molar-refractivity contribution in [2.75, 3.05) is 13.7 Å². The molecule has 3 aromatic rings. The number of carbonyl (C=O) groups is 2. The van der Waals surface area contributed by atoms with Gasteiger partial charge in [-0.1, -0.05) is 84.4 Å². The Labute approximate surface area is 180 Å². The van der Waals surface area contributed by atoms with Crippen LogP contribution in [-0.4, -0.2) is 35.5 Å². The Balaban J connectivity index is 1.64. The molecule has 0 bridgehead atoms. The summed E-state index contributed by atoms with van der Waals surface area (Å²) in [6.45, 7) is 0.722. The molecule has 1 aliphatic rings. The summed E-state index contributed by atoms with van der Waals surface area (Å²) in [5, 5.41) is 3.62. The molecule has 4 rings (SSSR count). The smallest absolute Gasteiger partial charge is 0.315 e. The molecule has 0 unspecified atom stereocenters. The van der Waals surface area contributed by atoms with Crippen molar-refractivity contribution in [1.82, 2.24) is 15.1 Å². The minimum Gasteiger partial charge on any atom is -0.315 e. The van der Waals surface area contributed by atoms with E-state index < -0.39 is 11.6 Å². The summed E-state index contributed by atoms with van der Waals surface area (Å²) in [6, 6.07) is 25.8. The van der Waals surface area contributed by atoms with Crippen LogP contribution in [0, 0.1) is 0 Å². The lowest BCUT2D eigenvalue weighted by molar-refractivity contribution is -0.131. The SMILES string of the molecule is CN(Cc1cccc(Cl)c1)CN1C(=O)NC(c2ccccc2)(c2ccccc2)C1=O. The molecule has 1 fully saturated rings. The molecule has 1 saturated heterocycles. The average Bonchev–Trinajstić information content (AvgIpc) is 3.00. The van der Waals surface area contributed by atoms with Crippen LogP contribution in [0.1, 0.15) is 16.7 Å². The molecule has 1 aliphatic heterocycles. The van der Waals surface area contributed by atoms with E-state index in [2.05, 4.69) is 5.32 Å². The highest BCUT2D eigenvalue weighted by Gasteiger charge is 2.53. The third-order valence-corrected chi connectivity index (χ3v) is 5.48. The van der Waals surface area contributed by atoms with Gasteiger partial charge >= 0.3 is 6.03 Å². The van der Waals surface area contributed by atoms with E-state index in [4.69, 9.17) is 11.6 Å². The van der Waals surface area contributed by atoms with Crippen molar-refractivity contribution in [3.8, 4) is 0 Å². The molecule has 0 spiro atoms. The number of benzene rings is 3. The second-order valence-corrected chi connectivity index (χ2v) is 7.87. The highest BCUT2D eigenvalue weighted by Crippen LogP contribution is 2.36. The van der Waals surface area contributed by atoms with Crippen LogP contribution in [0.25, 0.3) is 0 Å². The number of rotatable bonds is 6. The summed E-state index contributed by atoms with van der Waals surface area (Å²) >= 11 is 6.07. The number of halogens is 1. The van der Waals surface area contributed by atoms with E-state index in [1.165, 1.54) is 4.90 Å². The van der Waals surface area contributed by atoms with Crippen LogP contribution in [0.4, 0.5) is 4.79 Å². The molecule has 1 heterocycles. The molecule has 0 aliphatic carbocycles. The zero-order valence-corrected chi connectivity index (χ0v) is 17.3. The lowest BCUT2D eigenvalue weighted by atomic mass is 9.83. The van der Waals surface area contributed by atoms with Gasteiger partial charge in [0.1, 0.15) is 0 Å². The van der Waals surface area contributed by atoms with E-state index in [-0.39, 0.29) is 12.6 Å². The van der Waals surface area contributed by atoms with E-state index in [0.717, 1.165) is 16.7 Å². The second-order valence-electron chi connectivity index (χ2n) is 7.43. The fourth-order valence-electron chi connectivity index (χ4n) is 3.88. The molecule has 5 nitrogen and oxygen atoms in total. The first-order chi connectivity index (χ1) is 14.5. The molecule has 0 atom stereocenters. The number of urea groups is 1. The van der Waals surface area contributed by atoms with Gasteiger partial charge in [-0.2, -0.15) is 0 Å². The van der Waals surface area contributed by atoms with Crippen molar-refractivity contribution in [1.29, 1.82) is 0 Å².